The molecule has 1 N–H and O–H groups in total. The molecule has 1 aliphatic heterocycles. The first-order chi connectivity index (χ1) is 14.1. The number of rotatable bonds is 4. The summed E-state index contributed by atoms with van der Waals surface area (Å²) < 4.78 is 45.5. The molecule has 0 saturated carbocycles. The second-order valence-corrected chi connectivity index (χ2v) is 9.46. The molecule has 2 heterocycles. The van der Waals surface area contributed by atoms with Crippen LogP contribution in [0.3, 0.4) is 0 Å². The van der Waals surface area contributed by atoms with E-state index in [1.54, 1.807) is 0 Å². The van der Waals surface area contributed by atoms with Gasteiger partial charge in [0.1, 0.15) is 17.3 Å². The normalized spacial score (nSPS) is 20.2. The maximum Gasteiger partial charge on any atom is 0.131 e. The first-order valence-corrected chi connectivity index (χ1v) is 10.6. The van der Waals surface area contributed by atoms with Crippen LogP contribution in [0.4, 0.5) is 13.2 Å². The molecule has 0 radical (unpaired) electrons. The van der Waals surface area contributed by atoms with Crippen molar-refractivity contribution in [2.24, 2.45) is 0 Å². The largest absolute Gasteiger partial charge is 0.357 e. The maximum absolute atomic E-state index is 15.4. The van der Waals surface area contributed by atoms with Crippen molar-refractivity contribution in [1.82, 2.24) is 9.88 Å². The summed E-state index contributed by atoms with van der Waals surface area (Å²) in [6.07, 6.45) is 0.694. The summed E-state index contributed by atoms with van der Waals surface area (Å²) in [4.78, 5) is 5.29. The molecule has 2 atom stereocenters. The third kappa shape index (κ3) is 3.64. The molecule has 5 heteroatoms. The van der Waals surface area contributed by atoms with E-state index in [1.807, 2.05) is 49.9 Å². The van der Waals surface area contributed by atoms with E-state index in [1.165, 1.54) is 26.0 Å². The fourth-order valence-electron chi connectivity index (χ4n) is 4.70. The van der Waals surface area contributed by atoms with Gasteiger partial charge in [0.15, 0.2) is 0 Å². The first kappa shape index (κ1) is 21.0. The van der Waals surface area contributed by atoms with Crippen LogP contribution in [0.25, 0.3) is 10.9 Å². The number of H-pyrrole nitrogens is 1. The van der Waals surface area contributed by atoms with Crippen LogP contribution in [0, 0.1) is 11.6 Å². The van der Waals surface area contributed by atoms with E-state index in [-0.39, 0.29) is 25.5 Å². The number of nitrogens with zero attached hydrogens (tertiary/aromatic N) is 1. The molecule has 2 aromatic carbocycles. The van der Waals surface area contributed by atoms with Crippen molar-refractivity contribution in [3.05, 3.63) is 70.4 Å². The van der Waals surface area contributed by atoms with Gasteiger partial charge in [-0.15, -0.1) is 0 Å². The van der Waals surface area contributed by atoms with Crippen molar-refractivity contribution < 1.29 is 14.6 Å². The van der Waals surface area contributed by atoms with Gasteiger partial charge in [0, 0.05) is 36.2 Å². The van der Waals surface area contributed by atoms with E-state index in [0.717, 1.165) is 22.2 Å². The van der Waals surface area contributed by atoms with Gasteiger partial charge in [0.25, 0.3) is 0 Å². The Bertz CT molecular complexity index is 1060. The standard InChI is InChI=1S/C25H29F3N2.H2/c1-14(2)16-11-19(26)22(20(27)12-16)24-23-18(17-8-6-7-9-21(17)29-23)10-15(3)30(24)13-25(4,5)28;/h6-9,11-12,14-15,24,29H,10,13H2,1-5H3;1H/t15-,24-;/m1./s1. The van der Waals surface area contributed by atoms with Crippen molar-refractivity contribution in [2.75, 3.05) is 6.54 Å². The van der Waals surface area contributed by atoms with Gasteiger partial charge in [-0.25, -0.2) is 13.2 Å². The number of benzene rings is 2. The molecule has 0 spiro atoms. The quantitative estimate of drug-likeness (QED) is 0.490. The molecule has 0 aliphatic carbocycles. The zero-order chi connectivity index (χ0) is 21.8. The summed E-state index contributed by atoms with van der Waals surface area (Å²) in [5.74, 6) is -1.15. The average Bonchev–Trinajstić information content (AvgIpc) is 3.00. The monoisotopic (exact) mass is 416 g/mol. The topological polar surface area (TPSA) is 19.0 Å². The van der Waals surface area contributed by atoms with Crippen LogP contribution in [0.2, 0.25) is 0 Å². The number of hydrogen-bond acceptors (Lipinski definition) is 1. The summed E-state index contributed by atoms with van der Waals surface area (Å²) in [7, 11) is 0. The Hall–Kier alpha value is -2.27. The minimum Gasteiger partial charge on any atom is -0.357 e. The lowest BCUT2D eigenvalue weighted by molar-refractivity contribution is 0.0642. The summed E-state index contributed by atoms with van der Waals surface area (Å²) in [5, 5.41) is 1.06. The number of alkyl halides is 1. The van der Waals surface area contributed by atoms with Crippen molar-refractivity contribution >= 4 is 10.9 Å². The fourth-order valence-corrected chi connectivity index (χ4v) is 4.70. The lowest BCUT2D eigenvalue weighted by atomic mass is 9.86. The highest BCUT2D eigenvalue weighted by Gasteiger charge is 2.40. The summed E-state index contributed by atoms with van der Waals surface area (Å²) >= 11 is 0. The Kier molecular flexibility index (Phi) is 5.21. The molecule has 0 saturated heterocycles. The molecule has 1 aliphatic rings. The highest BCUT2D eigenvalue weighted by Crippen LogP contribution is 2.43. The SMILES string of the molecule is CC(C)c1cc(F)c([C@@H]2c3[nH]c4ccccc4c3C[C@@H](C)N2CC(C)(C)F)c(F)c1.[HH]. The van der Waals surface area contributed by atoms with Crippen molar-refractivity contribution in [2.45, 2.75) is 64.7 Å². The number of halogens is 3. The Morgan fingerprint density at radius 2 is 1.80 bits per heavy atom. The molecule has 4 rings (SSSR count). The lowest BCUT2D eigenvalue weighted by Gasteiger charge is -2.43. The van der Waals surface area contributed by atoms with E-state index in [4.69, 9.17) is 0 Å². The summed E-state index contributed by atoms with van der Waals surface area (Å²) in [6.45, 7) is 8.91. The van der Waals surface area contributed by atoms with E-state index in [9.17, 15) is 4.39 Å². The van der Waals surface area contributed by atoms with Gasteiger partial charge in [0.2, 0.25) is 0 Å². The molecule has 0 bridgehead atoms. The molecule has 162 valence electrons. The highest BCUT2D eigenvalue weighted by atomic mass is 19.1. The van der Waals surface area contributed by atoms with Crippen LogP contribution < -0.4 is 0 Å². The number of fused-ring (bicyclic) bond motifs is 3. The second kappa shape index (κ2) is 7.45. The Balaban J connectivity index is 0.00000272. The van der Waals surface area contributed by atoms with Gasteiger partial charge < -0.3 is 4.98 Å². The van der Waals surface area contributed by atoms with Gasteiger partial charge in [0.05, 0.1) is 6.04 Å². The van der Waals surface area contributed by atoms with E-state index >= 15 is 8.78 Å². The van der Waals surface area contributed by atoms with Crippen LogP contribution in [0.5, 0.6) is 0 Å². The smallest absolute Gasteiger partial charge is 0.131 e. The number of hydrogen-bond donors (Lipinski definition) is 1. The molecule has 3 aromatic rings. The van der Waals surface area contributed by atoms with Gasteiger partial charge in [-0.05, 0) is 62.4 Å². The molecule has 30 heavy (non-hydrogen) atoms. The molecule has 2 nitrogen and oxygen atoms in total. The summed E-state index contributed by atoms with van der Waals surface area (Å²) in [6, 6.07) is 9.95. The minimum absolute atomic E-state index is 0. The molecule has 1 aromatic heterocycles. The van der Waals surface area contributed by atoms with E-state index in [2.05, 4.69) is 4.98 Å². The fraction of sp³-hybridized carbons (Fsp3) is 0.440. The number of aromatic amines is 1. The minimum atomic E-state index is -1.50. The molecular weight excluding hydrogens is 385 g/mol. The van der Waals surface area contributed by atoms with Crippen molar-refractivity contribution in [3.63, 3.8) is 0 Å². The van der Waals surface area contributed by atoms with Gasteiger partial charge >= 0.3 is 0 Å². The predicted molar refractivity (Wildman–Crippen MR) is 118 cm³/mol. The van der Waals surface area contributed by atoms with Gasteiger partial charge in [-0.2, -0.15) is 0 Å². The zero-order valence-corrected chi connectivity index (χ0v) is 18.2. The Morgan fingerprint density at radius 1 is 1.17 bits per heavy atom. The maximum atomic E-state index is 15.4. The van der Waals surface area contributed by atoms with Crippen LogP contribution in [0.1, 0.15) is 70.4 Å². The Morgan fingerprint density at radius 3 is 2.40 bits per heavy atom. The van der Waals surface area contributed by atoms with Crippen LogP contribution in [-0.2, 0) is 6.42 Å². The number of para-hydroxylation sites is 1. The Labute approximate surface area is 177 Å². The van der Waals surface area contributed by atoms with E-state index < -0.39 is 23.3 Å². The molecule has 0 unspecified atom stereocenters. The molecule has 0 amide bonds. The van der Waals surface area contributed by atoms with Gasteiger partial charge in [-0.1, -0.05) is 32.0 Å². The van der Waals surface area contributed by atoms with Crippen LogP contribution in [0.15, 0.2) is 36.4 Å². The highest BCUT2D eigenvalue weighted by molar-refractivity contribution is 5.85. The summed E-state index contributed by atoms with van der Waals surface area (Å²) in [5.41, 5.74) is 1.85. The molecule has 0 fully saturated rings. The van der Waals surface area contributed by atoms with Crippen molar-refractivity contribution in [1.29, 1.82) is 0 Å². The third-order valence-corrected chi connectivity index (χ3v) is 6.12. The van der Waals surface area contributed by atoms with Crippen molar-refractivity contribution in [3.8, 4) is 0 Å². The van der Waals surface area contributed by atoms with Gasteiger partial charge in [-0.3, -0.25) is 4.90 Å². The van der Waals surface area contributed by atoms with Crippen LogP contribution in [-0.4, -0.2) is 28.1 Å². The van der Waals surface area contributed by atoms with Crippen LogP contribution >= 0.6 is 0 Å². The average molecular weight is 417 g/mol. The zero-order valence-electron chi connectivity index (χ0n) is 18.2. The van der Waals surface area contributed by atoms with E-state index in [0.29, 0.717) is 12.0 Å². The second-order valence-electron chi connectivity index (χ2n) is 9.46. The third-order valence-electron chi connectivity index (χ3n) is 6.12. The number of aromatic nitrogens is 1. The predicted octanol–water partition coefficient (Wildman–Crippen LogP) is 6.90. The lowest BCUT2D eigenvalue weighted by Crippen LogP contribution is -2.48. The molecular formula is C25H31F3N2. The number of nitrogens with one attached hydrogen (secondary N) is 1. The first-order valence-electron chi connectivity index (χ1n) is 10.6.